The summed E-state index contributed by atoms with van der Waals surface area (Å²) in [6, 6.07) is 8.07. The molecule has 94 valence electrons. The van der Waals surface area contributed by atoms with Crippen LogP contribution in [0.15, 0.2) is 24.3 Å². The third-order valence-corrected chi connectivity index (χ3v) is 3.92. The van der Waals surface area contributed by atoms with Crippen LogP contribution in [0.4, 0.5) is 0 Å². The highest BCUT2D eigenvalue weighted by molar-refractivity contribution is 5.25. The number of hydrogen-bond acceptors (Lipinski definition) is 2. The molecule has 0 aliphatic heterocycles. The zero-order chi connectivity index (χ0) is 12.1. The van der Waals surface area contributed by atoms with Gasteiger partial charge in [-0.25, -0.2) is 0 Å². The fraction of sp³-hybridized carbons (Fsp3) is 0.600. The summed E-state index contributed by atoms with van der Waals surface area (Å²) in [5, 5.41) is 12.8. The van der Waals surface area contributed by atoms with Gasteiger partial charge in [0.25, 0.3) is 0 Å². The van der Waals surface area contributed by atoms with Crippen LogP contribution in [0.2, 0.25) is 0 Å². The SMILES string of the molecule is CC(NCc1ccc(O)cc1)C1CCCCC1. The molecule has 2 nitrogen and oxygen atoms in total. The van der Waals surface area contributed by atoms with Crippen molar-refractivity contribution in [3.8, 4) is 5.75 Å². The van der Waals surface area contributed by atoms with Gasteiger partial charge in [0, 0.05) is 12.6 Å². The Morgan fingerprint density at radius 1 is 1.18 bits per heavy atom. The van der Waals surface area contributed by atoms with Crippen LogP contribution in [-0.4, -0.2) is 11.1 Å². The number of benzene rings is 1. The van der Waals surface area contributed by atoms with Crippen molar-refractivity contribution in [2.75, 3.05) is 0 Å². The molecule has 0 saturated heterocycles. The average Bonchev–Trinajstić information content (AvgIpc) is 2.39. The third-order valence-electron chi connectivity index (χ3n) is 3.92. The molecule has 0 aromatic heterocycles. The minimum atomic E-state index is 0.342. The molecule has 1 fully saturated rings. The molecule has 1 aliphatic rings. The van der Waals surface area contributed by atoms with Crippen molar-refractivity contribution in [3.05, 3.63) is 29.8 Å². The minimum Gasteiger partial charge on any atom is -0.508 e. The normalized spacial score (nSPS) is 19.1. The quantitative estimate of drug-likeness (QED) is 0.835. The van der Waals surface area contributed by atoms with Crippen molar-refractivity contribution in [2.24, 2.45) is 5.92 Å². The molecule has 2 rings (SSSR count). The molecule has 0 spiro atoms. The average molecular weight is 233 g/mol. The molecule has 1 saturated carbocycles. The zero-order valence-corrected chi connectivity index (χ0v) is 10.7. The number of rotatable bonds is 4. The van der Waals surface area contributed by atoms with Crippen molar-refractivity contribution in [1.82, 2.24) is 5.32 Å². The maximum Gasteiger partial charge on any atom is 0.115 e. The highest BCUT2D eigenvalue weighted by Gasteiger charge is 2.19. The number of phenolic OH excluding ortho intramolecular Hbond substituents is 1. The van der Waals surface area contributed by atoms with Gasteiger partial charge in [-0.2, -0.15) is 0 Å². The first-order valence-electron chi connectivity index (χ1n) is 6.77. The van der Waals surface area contributed by atoms with Crippen molar-refractivity contribution >= 4 is 0 Å². The lowest BCUT2D eigenvalue weighted by molar-refractivity contribution is 0.280. The molecule has 1 unspecified atom stereocenters. The third kappa shape index (κ3) is 3.74. The zero-order valence-electron chi connectivity index (χ0n) is 10.7. The highest BCUT2D eigenvalue weighted by atomic mass is 16.3. The molecule has 0 heterocycles. The number of hydrogen-bond donors (Lipinski definition) is 2. The Kier molecular flexibility index (Phi) is 4.43. The van der Waals surface area contributed by atoms with Gasteiger partial charge in [-0.05, 0) is 43.4 Å². The van der Waals surface area contributed by atoms with Crippen LogP contribution in [0, 0.1) is 5.92 Å². The van der Waals surface area contributed by atoms with Gasteiger partial charge in [-0.3, -0.25) is 0 Å². The van der Waals surface area contributed by atoms with E-state index in [9.17, 15) is 5.11 Å². The van der Waals surface area contributed by atoms with Crippen molar-refractivity contribution < 1.29 is 5.11 Å². The van der Waals surface area contributed by atoms with E-state index in [2.05, 4.69) is 12.2 Å². The lowest BCUT2D eigenvalue weighted by Gasteiger charge is -2.28. The van der Waals surface area contributed by atoms with E-state index in [1.807, 2.05) is 12.1 Å². The van der Waals surface area contributed by atoms with Crippen LogP contribution < -0.4 is 5.32 Å². The fourth-order valence-electron chi connectivity index (χ4n) is 2.69. The van der Waals surface area contributed by atoms with Gasteiger partial charge >= 0.3 is 0 Å². The first-order chi connectivity index (χ1) is 8.25. The second-order valence-corrected chi connectivity index (χ2v) is 5.23. The van der Waals surface area contributed by atoms with Crippen LogP contribution in [0.5, 0.6) is 5.75 Å². The van der Waals surface area contributed by atoms with E-state index in [1.165, 1.54) is 37.7 Å². The van der Waals surface area contributed by atoms with Crippen LogP contribution >= 0.6 is 0 Å². The maximum atomic E-state index is 9.22. The monoisotopic (exact) mass is 233 g/mol. The predicted octanol–water partition coefficient (Wildman–Crippen LogP) is 3.45. The van der Waals surface area contributed by atoms with E-state index in [0.29, 0.717) is 11.8 Å². The topological polar surface area (TPSA) is 32.3 Å². The molecular formula is C15H23NO. The van der Waals surface area contributed by atoms with E-state index in [-0.39, 0.29) is 0 Å². The van der Waals surface area contributed by atoms with Crippen LogP contribution in [0.3, 0.4) is 0 Å². The van der Waals surface area contributed by atoms with Crippen molar-refractivity contribution in [1.29, 1.82) is 0 Å². The van der Waals surface area contributed by atoms with E-state index in [1.54, 1.807) is 12.1 Å². The molecule has 1 aliphatic carbocycles. The Morgan fingerprint density at radius 2 is 1.82 bits per heavy atom. The number of phenols is 1. The Labute approximate surface area is 104 Å². The smallest absolute Gasteiger partial charge is 0.115 e. The van der Waals surface area contributed by atoms with E-state index in [4.69, 9.17) is 0 Å². The summed E-state index contributed by atoms with van der Waals surface area (Å²) in [7, 11) is 0. The van der Waals surface area contributed by atoms with Gasteiger partial charge < -0.3 is 10.4 Å². The van der Waals surface area contributed by atoms with E-state index < -0.39 is 0 Å². The first kappa shape index (κ1) is 12.4. The molecule has 2 heteroatoms. The Morgan fingerprint density at radius 3 is 2.47 bits per heavy atom. The van der Waals surface area contributed by atoms with Gasteiger partial charge in [0.2, 0.25) is 0 Å². The van der Waals surface area contributed by atoms with Gasteiger partial charge in [-0.15, -0.1) is 0 Å². The minimum absolute atomic E-state index is 0.342. The summed E-state index contributed by atoms with van der Waals surface area (Å²) in [6.45, 7) is 3.20. The maximum absolute atomic E-state index is 9.22. The molecule has 1 atom stereocenters. The summed E-state index contributed by atoms with van der Waals surface area (Å²) >= 11 is 0. The Hall–Kier alpha value is -1.02. The van der Waals surface area contributed by atoms with E-state index in [0.717, 1.165) is 12.5 Å². The van der Waals surface area contributed by atoms with Gasteiger partial charge in [0.05, 0.1) is 0 Å². The summed E-state index contributed by atoms with van der Waals surface area (Å²) in [5.74, 6) is 1.19. The summed E-state index contributed by atoms with van der Waals surface area (Å²) < 4.78 is 0. The van der Waals surface area contributed by atoms with Gasteiger partial charge in [0.1, 0.15) is 5.75 Å². The van der Waals surface area contributed by atoms with Gasteiger partial charge in [0.15, 0.2) is 0 Å². The Balaban J connectivity index is 1.78. The largest absolute Gasteiger partial charge is 0.508 e. The summed E-state index contributed by atoms with van der Waals surface area (Å²) in [5.41, 5.74) is 1.24. The lowest BCUT2D eigenvalue weighted by atomic mass is 9.84. The summed E-state index contributed by atoms with van der Waals surface area (Å²) in [6.07, 6.45) is 6.97. The molecule has 0 amide bonds. The molecule has 17 heavy (non-hydrogen) atoms. The standard InChI is InChI=1S/C15H23NO/c1-12(14-5-3-2-4-6-14)16-11-13-7-9-15(17)10-8-13/h7-10,12,14,16-17H,2-6,11H2,1H3. The van der Waals surface area contributed by atoms with Crippen molar-refractivity contribution in [2.45, 2.75) is 51.6 Å². The van der Waals surface area contributed by atoms with Crippen LogP contribution in [0.25, 0.3) is 0 Å². The van der Waals surface area contributed by atoms with Crippen LogP contribution in [0.1, 0.15) is 44.6 Å². The van der Waals surface area contributed by atoms with E-state index >= 15 is 0 Å². The second-order valence-electron chi connectivity index (χ2n) is 5.23. The fourth-order valence-corrected chi connectivity index (χ4v) is 2.69. The summed E-state index contributed by atoms with van der Waals surface area (Å²) in [4.78, 5) is 0. The van der Waals surface area contributed by atoms with Crippen molar-refractivity contribution in [3.63, 3.8) is 0 Å². The molecule has 1 aromatic carbocycles. The molecule has 1 aromatic rings. The molecule has 2 N–H and O–H groups in total. The number of nitrogens with one attached hydrogen (secondary N) is 1. The Bertz CT molecular complexity index is 327. The predicted molar refractivity (Wildman–Crippen MR) is 71.0 cm³/mol. The van der Waals surface area contributed by atoms with Gasteiger partial charge in [-0.1, -0.05) is 31.4 Å². The first-order valence-corrected chi connectivity index (χ1v) is 6.77. The molecule has 0 radical (unpaired) electrons. The lowest BCUT2D eigenvalue weighted by Crippen LogP contribution is -2.34. The highest BCUT2D eigenvalue weighted by Crippen LogP contribution is 2.26. The van der Waals surface area contributed by atoms with Crippen LogP contribution in [-0.2, 0) is 6.54 Å². The molecule has 0 bridgehead atoms. The molecular weight excluding hydrogens is 210 g/mol. The second kappa shape index (κ2) is 6.06. The number of aromatic hydroxyl groups is 1.